The van der Waals surface area contributed by atoms with Gasteiger partial charge in [-0.3, -0.25) is 0 Å². The molecule has 0 saturated heterocycles. The van der Waals surface area contributed by atoms with Gasteiger partial charge in [0, 0.05) is 28.6 Å². The normalized spacial score (nSPS) is 11.3. The number of rotatable bonds is 5. The second-order valence-corrected chi connectivity index (χ2v) is 6.02. The van der Waals surface area contributed by atoms with Gasteiger partial charge in [-0.2, -0.15) is 0 Å². The number of benzene rings is 1. The Morgan fingerprint density at radius 1 is 1.24 bits per heavy atom. The zero-order chi connectivity index (χ0) is 13.0. The van der Waals surface area contributed by atoms with Crippen molar-refractivity contribution < 1.29 is 0 Å². The lowest BCUT2D eigenvalue weighted by Gasteiger charge is -2.31. The van der Waals surface area contributed by atoms with Crippen molar-refractivity contribution in [2.75, 3.05) is 11.4 Å². The Labute approximate surface area is 118 Å². The molecule has 0 aromatic heterocycles. The van der Waals surface area contributed by atoms with Crippen molar-refractivity contribution in [1.29, 1.82) is 0 Å². The molecular weight excluding hydrogens is 298 g/mol. The summed E-state index contributed by atoms with van der Waals surface area (Å²) in [4.78, 5) is 2.40. The molecule has 0 unspecified atom stereocenters. The first-order valence-corrected chi connectivity index (χ1v) is 7.56. The Balaban J connectivity index is 2.98. The lowest BCUT2D eigenvalue weighted by atomic mass is 10.1. The zero-order valence-corrected chi connectivity index (χ0v) is 13.3. The van der Waals surface area contributed by atoms with E-state index >= 15 is 0 Å². The van der Waals surface area contributed by atoms with E-state index < -0.39 is 0 Å². The van der Waals surface area contributed by atoms with Crippen molar-refractivity contribution in [2.45, 2.75) is 39.1 Å². The Hall–Kier alpha value is -0.210. The summed E-state index contributed by atoms with van der Waals surface area (Å²) in [5.41, 5.74) is 2.35. The standard InChI is InChI=1S/C14H21BrClN/c1-10(2)9-17(11(3)4)13-6-5-12(8-15)14(16)7-13/h5-7,10-11H,8-9H2,1-4H3. The predicted octanol–water partition coefficient (Wildman–Crippen LogP) is 5.11. The van der Waals surface area contributed by atoms with Crippen LogP contribution in [0, 0.1) is 5.92 Å². The molecule has 3 heteroatoms. The molecule has 1 aromatic carbocycles. The molecule has 0 aliphatic rings. The summed E-state index contributed by atoms with van der Waals surface area (Å²) in [7, 11) is 0. The van der Waals surface area contributed by atoms with E-state index in [4.69, 9.17) is 11.6 Å². The molecule has 1 rings (SSSR count). The van der Waals surface area contributed by atoms with Gasteiger partial charge in [0.2, 0.25) is 0 Å². The fourth-order valence-corrected chi connectivity index (χ4v) is 2.72. The predicted molar refractivity (Wildman–Crippen MR) is 81.4 cm³/mol. The lowest BCUT2D eigenvalue weighted by Crippen LogP contribution is -2.34. The zero-order valence-electron chi connectivity index (χ0n) is 11.0. The van der Waals surface area contributed by atoms with Crippen molar-refractivity contribution >= 4 is 33.2 Å². The van der Waals surface area contributed by atoms with Crippen LogP contribution in [-0.4, -0.2) is 12.6 Å². The van der Waals surface area contributed by atoms with E-state index in [1.165, 1.54) is 5.69 Å². The molecule has 0 radical (unpaired) electrons. The molecule has 0 spiro atoms. The first-order chi connectivity index (χ1) is 7.95. The van der Waals surface area contributed by atoms with Crippen molar-refractivity contribution in [1.82, 2.24) is 0 Å². The van der Waals surface area contributed by atoms with Gasteiger partial charge >= 0.3 is 0 Å². The number of halogens is 2. The number of alkyl halides is 1. The molecule has 0 fully saturated rings. The maximum absolute atomic E-state index is 6.26. The van der Waals surface area contributed by atoms with Gasteiger partial charge in [-0.1, -0.05) is 47.4 Å². The van der Waals surface area contributed by atoms with Crippen LogP contribution in [0.1, 0.15) is 33.3 Å². The highest BCUT2D eigenvalue weighted by molar-refractivity contribution is 9.08. The molecule has 0 aliphatic heterocycles. The van der Waals surface area contributed by atoms with Gasteiger partial charge in [-0.05, 0) is 37.5 Å². The molecule has 1 aromatic rings. The topological polar surface area (TPSA) is 3.24 Å². The monoisotopic (exact) mass is 317 g/mol. The third kappa shape index (κ3) is 4.18. The minimum atomic E-state index is 0.489. The number of hydrogen-bond acceptors (Lipinski definition) is 1. The number of nitrogens with zero attached hydrogens (tertiary/aromatic N) is 1. The SMILES string of the molecule is CC(C)CN(c1ccc(CBr)c(Cl)c1)C(C)C. The van der Waals surface area contributed by atoms with E-state index in [-0.39, 0.29) is 0 Å². The fraction of sp³-hybridized carbons (Fsp3) is 0.571. The molecule has 0 saturated carbocycles. The van der Waals surface area contributed by atoms with Crippen LogP contribution in [0.4, 0.5) is 5.69 Å². The Kier molecular flexibility index (Phi) is 5.81. The third-order valence-electron chi connectivity index (χ3n) is 2.70. The third-order valence-corrected chi connectivity index (χ3v) is 3.65. The summed E-state index contributed by atoms with van der Waals surface area (Å²) in [5.74, 6) is 0.645. The van der Waals surface area contributed by atoms with Gasteiger partial charge in [-0.25, -0.2) is 0 Å². The maximum Gasteiger partial charge on any atom is 0.0467 e. The van der Waals surface area contributed by atoms with E-state index in [2.05, 4.69) is 66.7 Å². The fourth-order valence-electron chi connectivity index (χ4n) is 1.83. The quantitative estimate of drug-likeness (QED) is 0.682. The minimum absolute atomic E-state index is 0.489. The maximum atomic E-state index is 6.26. The molecule has 0 bridgehead atoms. The smallest absolute Gasteiger partial charge is 0.0467 e. The van der Waals surface area contributed by atoms with Gasteiger partial charge in [0.15, 0.2) is 0 Å². The van der Waals surface area contributed by atoms with Crippen molar-refractivity contribution in [2.24, 2.45) is 5.92 Å². The molecule has 0 heterocycles. The van der Waals surface area contributed by atoms with Crippen LogP contribution in [0.5, 0.6) is 0 Å². The van der Waals surface area contributed by atoms with Crippen LogP contribution in [0.2, 0.25) is 5.02 Å². The minimum Gasteiger partial charge on any atom is -0.369 e. The highest BCUT2D eigenvalue weighted by Crippen LogP contribution is 2.27. The van der Waals surface area contributed by atoms with Crippen molar-refractivity contribution in [3.8, 4) is 0 Å². The average Bonchev–Trinajstić information content (AvgIpc) is 2.25. The second-order valence-electron chi connectivity index (χ2n) is 5.05. The van der Waals surface area contributed by atoms with Crippen LogP contribution in [-0.2, 0) is 5.33 Å². The Morgan fingerprint density at radius 2 is 1.88 bits per heavy atom. The summed E-state index contributed by atoms with van der Waals surface area (Å²) in [5, 5.41) is 1.65. The molecule has 17 heavy (non-hydrogen) atoms. The Morgan fingerprint density at radius 3 is 2.29 bits per heavy atom. The van der Waals surface area contributed by atoms with Gasteiger partial charge in [-0.15, -0.1) is 0 Å². The first kappa shape index (κ1) is 14.8. The summed E-state index contributed by atoms with van der Waals surface area (Å²) in [6.07, 6.45) is 0. The van der Waals surface area contributed by atoms with Crippen LogP contribution >= 0.6 is 27.5 Å². The molecule has 1 nitrogen and oxygen atoms in total. The van der Waals surface area contributed by atoms with Gasteiger partial charge in [0.25, 0.3) is 0 Å². The Bertz CT molecular complexity index is 363. The molecule has 0 aliphatic carbocycles. The number of hydrogen-bond donors (Lipinski definition) is 0. The molecule has 0 atom stereocenters. The summed E-state index contributed by atoms with van der Waals surface area (Å²) < 4.78 is 0. The van der Waals surface area contributed by atoms with Crippen LogP contribution in [0.15, 0.2) is 18.2 Å². The van der Waals surface area contributed by atoms with E-state index in [1.807, 2.05) is 0 Å². The molecule has 0 N–H and O–H groups in total. The van der Waals surface area contributed by atoms with E-state index in [0.29, 0.717) is 12.0 Å². The van der Waals surface area contributed by atoms with Gasteiger partial charge in [0.05, 0.1) is 0 Å². The van der Waals surface area contributed by atoms with Gasteiger partial charge < -0.3 is 4.90 Å². The largest absolute Gasteiger partial charge is 0.369 e. The number of anilines is 1. The molecular formula is C14H21BrClN. The van der Waals surface area contributed by atoms with Gasteiger partial charge in [0.1, 0.15) is 0 Å². The summed E-state index contributed by atoms with van der Waals surface area (Å²) >= 11 is 9.70. The van der Waals surface area contributed by atoms with Crippen molar-refractivity contribution in [3.05, 3.63) is 28.8 Å². The highest BCUT2D eigenvalue weighted by atomic mass is 79.9. The van der Waals surface area contributed by atoms with Crippen LogP contribution in [0.3, 0.4) is 0 Å². The van der Waals surface area contributed by atoms with E-state index in [1.54, 1.807) is 0 Å². The van der Waals surface area contributed by atoms with E-state index in [0.717, 1.165) is 22.5 Å². The van der Waals surface area contributed by atoms with Crippen LogP contribution < -0.4 is 4.90 Å². The van der Waals surface area contributed by atoms with E-state index in [9.17, 15) is 0 Å². The molecule has 96 valence electrons. The highest BCUT2D eigenvalue weighted by Gasteiger charge is 2.13. The first-order valence-electron chi connectivity index (χ1n) is 6.06. The van der Waals surface area contributed by atoms with Crippen molar-refractivity contribution in [3.63, 3.8) is 0 Å². The summed E-state index contributed by atoms with van der Waals surface area (Å²) in [6.45, 7) is 9.97. The molecule has 0 amide bonds. The average molecular weight is 319 g/mol. The lowest BCUT2D eigenvalue weighted by molar-refractivity contribution is 0.571. The second kappa shape index (κ2) is 6.65. The van der Waals surface area contributed by atoms with Crippen LogP contribution in [0.25, 0.3) is 0 Å². The summed E-state index contributed by atoms with van der Waals surface area (Å²) in [6, 6.07) is 6.82.